The first-order valence-electron chi connectivity index (χ1n) is 10.8. The monoisotopic (exact) mass is 431 g/mol. The fraction of sp³-hybridized carbons (Fsp3) is 0.269. The van der Waals surface area contributed by atoms with Gasteiger partial charge in [-0.2, -0.15) is 0 Å². The number of halogens is 1. The molecule has 0 radical (unpaired) electrons. The molecule has 1 atom stereocenters. The topological polar surface area (TPSA) is 62.3 Å². The van der Waals surface area contributed by atoms with Crippen LogP contribution in [0.5, 0.6) is 0 Å². The van der Waals surface area contributed by atoms with E-state index in [0.29, 0.717) is 38.2 Å². The molecule has 0 spiro atoms. The zero-order valence-electron chi connectivity index (χ0n) is 18.1. The van der Waals surface area contributed by atoms with Crippen LogP contribution in [0.2, 0.25) is 0 Å². The van der Waals surface area contributed by atoms with Gasteiger partial charge in [-0.05, 0) is 60.7 Å². The summed E-state index contributed by atoms with van der Waals surface area (Å²) >= 11 is 0. The van der Waals surface area contributed by atoms with Crippen molar-refractivity contribution in [2.24, 2.45) is 5.41 Å². The Kier molecular flexibility index (Phi) is 6.30. The lowest BCUT2D eigenvalue weighted by molar-refractivity contribution is -0.130. The summed E-state index contributed by atoms with van der Waals surface area (Å²) in [6.45, 7) is 3.27. The van der Waals surface area contributed by atoms with Gasteiger partial charge in [-0.3, -0.25) is 14.6 Å². The van der Waals surface area contributed by atoms with E-state index in [1.807, 2.05) is 31.2 Å². The van der Waals surface area contributed by atoms with Gasteiger partial charge in [0.1, 0.15) is 11.5 Å². The summed E-state index contributed by atoms with van der Waals surface area (Å²) in [4.78, 5) is 32.0. The number of benzene rings is 2. The molecule has 0 aliphatic carbocycles. The molecule has 0 saturated carbocycles. The number of amides is 2. The molecule has 1 N–H and O–H groups in total. The van der Waals surface area contributed by atoms with Gasteiger partial charge in [0.05, 0.1) is 5.41 Å². The molecule has 1 aromatic heterocycles. The number of carbonyl (C=O) groups is 2. The summed E-state index contributed by atoms with van der Waals surface area (Å²) < 4.78 is 13.3. The van der Waals surface area contributed by atoms with Crippen molar-refractivity contribution < 1.29 is 14.0 Å². The molecule has 32 heavy (non-hydrogen) atoms. The summed E-state index contributed by atoms with van der Waals surface area (Å²) in [5.41, 5.74) is 2.57. The van der Waals surface area contributed by atoms with Gasteiger partial charge in [-0.25, -0.2) is 4.39 Å². The van der Waals surface area contributed by atoms with Crippen LogP contribution >= 0.6 is 0 Å². The van der Waals surface area contributed by atoms with Gasteiger partial charge in [0, 0.05) is 25.8 Å². The van der Waals surface area contributed by atoms with Crippen LogP contribution < -0.4 is 5.32 Å². The first-order valence-corrected chi connectivity index (χ1v) is 10.8. The van der Waals surface area contributed by atoms with Gasteiger partial charge in [0.25, 0.3) is 5.91 Å². The van der Waals surface area contributed by atoms with Crippen molar-refractivity contribution in [2.75, 3.05) is 19.6 Å². The Morgan fingerprint density at radius 2 is 1.88 bits per heavy atom. The van der Waals surface area contributed by atoms with Crippen molar-refractivity contribution in [3.63, 3.8) is 0 Å². The van der Waals surface area contributed by atoms with Crippen LogP contribution in [0.4, 0.5) is 4.39 Å². The molecule has 5 nitrogen and oxygen atoms in total. The highest BCUT2D eigenvalue weighted by molar-refractivity contribution is 5.93. The minimum atomic E-state index is -0.706. The second kappa shape index (κ2) is 9.30. The molecule has 1 aliphatic rings. The number of carbonyl (C=O) groups excluding carboxylic acids is 2. The Morgan fingerprint density at radius 3 is 2.59 bits per heavy atom. The van der Waals surface area contributed by atoms with Crippen LogP contribution in [0.3, 0.4) is 0 Å². The number of rotatable bonds is 6. The van der Waals surface area contributed by atoms with Crippen molar-refractivity contribution in [1.29, 1.82) is 0 Å². The van der Waals surface area contributed by atoms with E-state index < -0.39 is 5.41 Å². The zero-order valence-corrected chi connectivity index (χ0v) is 18.1. The first kappa shape index (κ1) is 21.7. The molecule has 2 heterocycles. The molecule has 4 rings (SSSR count). The zero-order chi connectivity index (χ0) is 22.6. The molecule has 6 heteroatoms. The third-order valence-electron chi connectivity index (χ3n) is 5.99. The van der Waals surface area contributed by atoms with Crippen LogP contribution in [-0.4, -0.2) is 41.3 Å². The molecule has 2 aromatic carbocycles. The molecule has 1 saturated heterocycles. The van der Waals surface area contributed by atoms with Gasteiger partial charge in [-0.15, -0.1) is 0 Å². The van der Waals surface area contributed by atoms with Crippen LogP contribution in [0.1, 0.15) is 29.4 Å². The van der Waals surface area contributed by atoms with E-state index in [4.69, 9.17) is 0 Å². The number of hydrogen-bond donors (Lipinski definition) is 1. The second-order valence-electron chi connectivity index (χ2n) is 8.22. The highest BCUT2D eigenvalue weighted by atomic mass is 19.1. The average Bonchev–Trinajstić information content (AvgIpc) is 3.25. The molecule has 2 amide bonds. The largest absolute Gasteiger partial charge is 0.356 e. The van der Waals surface area contributed by atoms with Crippen molar-refractivity contribution in [3.8, 4) is 11.1 Å². The maximum absolute atomic E-state index is 13.3. The van der Waals surface area contributed by atoms with E-state index in [2.05, 4.69) is 10.3 Å². The third-order valence-corrected chi connectivity index (χ3v) is 5.99. The van der Waals surface area contributed by atoms with Crippen molar-refractivity contribution in [2.45, 2.75) is 19.8 Å². The van der Waals surface area contributed by atoms with Crippen LogP contribution in [0, 0.1) is 11.2 Å². The quantitative estimate of drug-likeness (QED) is 0.639. The van der Waals surface area contributed by atoms with Gasteiger partial charge >= 0.3 is 0 Å². The summed E-state index contributed by atoms with van der Waals surface area (Å²) in [6, 6.07) is 19.6. The lowest BCUT2D eigenvalue weighted by Crippen LogP contribution is -2.45. The van der Waals surface area contributed by atoms with Gasteiger partial charge in [0.2, 0.25) is 5.91 Å². The van der Waals surface area contributed by atoms with E-state index in [0.717, 1.165) is 16.7 Å². The molecular weight excluding hydrogens is 405 g/mol. The number of pyridine rings is 1. The molecule has 1 aliphatic heterocycles. The molecule has 0 bridgehead atoms. The minimum absolute atomic E-state index is 0.0384. The van der Waals surface area contributed by atoms with Gasteiger partial charge < -0.3 is 10.2 Å². The van der Waals surface area contributed by atoms with E-state index >= 15 is 0 Å². The number of hydrogen-bond acceptors (Lipinski definition) is 3. The highest BCUT2D eigenvalue weighted by Crippen LogP contribution is 2.36. The van der Waals surface area contributed by atoms with Crippen LogP contribution in [0.15, 0.2) is 72.9 Å². The maximum Gasteiger partial charge on any atom is 0.272 e. The average molecular weight is 432 g/mol. The lowest BCUT2D eigenvalue weighted by atomic mass is 9.79. The van der Waals surface area contributed by atoms with E-state index in [1.165, 1.54) is 12.1 Å². The van der Waals surface area contributed by atoms with E-state index in [9.17, 15) is 14.0 Å². The van der Waals surface area contributed by atoms with E-state index in [-0.39, 0.29) is 17.6 Å². The Hall–Kier alpha value is -3.54. The van der Waals surface area contributed by atoms with Gasteiger partial charge in [0.15, 0.2) is 0 Å². The smallest absolute Gasteiger partial charge is 0.272 e. The third kappa shape index (κ3) is 4.54. The van der Waals surface area contributed by atoms with Gasteiger partial charge in [-0.1, -0.05) is 42.5 Å². The summed E-state index contributed by atoms with van der Waals surface area (Å²) in [7, 11) is 0. The molecule has 3 aromatic rings. The number of aromatic nitrogens is 1. The standard InChI is InChI=1S/C26H26FN3O2/c1-2-28-25(32)26(13-15-30(18-26)24(31)23-8-3-4-14-29-23)17-19-6-5-7-21(16-19)20-9-11-22(27)12-10-20/h3-12,14,16H,2,13,15,17-18H2,1H3,(H,28,32)/t26-/m1/s1. The predicted octanol–water partition coefficient (Wildman–Crippen LogP) is 4.10. The predicted molar refractivity (Wildman–Crippen MR) is 121 cm³/mol. The van der Waals surface area contributed by atoms with Crippen LogP contribution in [0.25, 0.3) is 11.1 Å². The van der Waals surface area contributed by atoms with Crippen molar-refractivity contribution in [3.05, 3.63) is 90.0 Å². The second-order valence-corrected chi connectivity index (χ2v) is 8.22. The van der Waals surface area contributed by atoms with Crippen molar-refractivity contribution >= 4 is 11.8 Å². The Labute approximate surface area is 187 Å². The fourth-order valence-corrected chi connectivity index (χ4v) is 4.35. The van der Waals surface area contributed by atoms with E-state index in [1.54, 1.807) is 41.4 Å². The maximum atomic E-state index is 13.3. The summed E-state index contributed by atoms with van der Waals surface area (Å²) in [5.74, 6) is -0.468. The Balaban J connectivity index is 1.59. The molecule has 1 fully saturated rings. The van der Waals surface area contributed by atoms with Crippen LogP contribution in [-0.2, 0) is 11.2 Å². The Morgan fingerprint density at radius 1 is 1.06 bits per heavy atom. The lowest BCUT2D eigenvalue weighted by Gasteiger charge is -2.28. The first-order chi connectivity index (χ1) is 15.5. The Bertz CT molecular complexity index is 1100. The number of nitrogens with one attached hydrogen (secondary N) is 1. The minimum Gasteiger partial charge on any atom is -0.356 e. The van der Waals surface area contributed by atoms with Crippen molar-refractivity contribution in [1.82, 2.24) is 15.2 Å². The summed E-state index contributed by atoms with van der Waals surface area (Å²) in [5, 5.41) is 2.97. The summed E-state index contributed by atoms with van der Waals surface area (Å²) in [6.07, 6.45) is 2.69. The molecule has 0 unspecified atom stereocenters. The number of nitrogens with zero attached hydrogens (tertiary/aromatic N) is 2. The number of likely N-dealkylation sites (tertiary alicyclic amines) is 1. The fourth-order valence-electron chi connectivity index (χ4n) is 4.35. The molecule has 164 valence electrons. The highest BCUT2D eigenvalue weighted by Gasteiger charge is 2.46. The normalized spacial score (nSPS) is 17.9. The SMILES string of the molecule is CCNC(=O)[C@@]1(Cc2cccc(-c3ccc(F)cc3)c2)CCN(C(=O)c2ccccn2)C1. The molecular formula is C26H26FN3O2.